The van der Waals surface area contributed by atoms with Gasteiger partial charge in [-0.25, -0.2) is 0 Å². The molecule has 20 heavy (non-hydrogen) atoms. The van der Waals surface area contributed by atoms with Crippen molar-refractivity contribution >= 4 is 5.91 Å². The van der Waals surface area contributed by atoms with Crippen LogP contribution in [-0.4, -0.2) is 66.7 Å². The summed E-state index contributed by atoms with van der Waals surface area (Å²) in [5.74, 6) is 0.195. The van der Waals surface area contributed by atoms with Crippen LogP contribution in [0.1, 0.15) is 40.5 Å². The van der Waals surface area contributed by atoms with Crippen molar-refractivity contribution in [1.82, 2.24) is 9.80 Å². The smallest absolute Gasteiger partial charge is 0.223 e. The predicted molar refractivity (Wildman–Crippen MR) is 81.6 cm³/mol. The maximum atomic E-state index is 12.0. The molecule has 1 rings (SSSR count). The summed E-state index contributed by atoms with van der Waals surface area (Å²) >= 11 is 0. The van der Waals surface area contributed by atoms with E-state index in [9.17, 15) is 4.79 Å². The number of carbonyl (C=O) groups is 1. The van der Waals surface area contributed by atoms with Crippen LogP contribution >= 0.6 is 0 Å². The highest BCUT2D eigenvalue weighted by atomic mass is 16.5. The van der Waals surface area contributed by atoms with Gasteiger partial charge in [-0.2, -0.15) is 0 Å². The number of hydrogen-bond acceptors (Lipinski definition) is 4. The molecule has 0 unspecified atom stereocenters. The van der Waals surface area contributed by atoms with Gasteiger partial charge in [-0.3, -0.25) is 9.69 Å². The highest BCUT2D eigenvalue weighted by Crippen LogP contribution is 2.27. The summed E-state index contributed by atoms with van der Waals surface area (Å²) in [6, 6.07) is 0. The standard InChI is InChI=1S/C15H31N3O2/c1-14(2)11-18(12-15(3,4)20-14)10-7-13(19)17(5)9-6-8-16/h6-12,16H2,1-5H3. The van der Waals surface area contributed by atoms with Gasteiger partial charge >= 0.3 is 0 Å². The molecule has 1 saturated heterocycles. The third-order valence-electron chi connectivity index (χ3n) is 3.53. The Morgan fingerprint density at radius 3 is 2.30 bits per heavy atom. The Morgan fingerprint density at radius 2 is 1.80 bits per heavy atom. The number of rotatable bonds is 6. The summed E-state index contributed by atoms with van der Waals surface area (Å²) in [6.45, 7) is 12.3. The lowest BCUT2D eigenvalue weighted by Gasteiger charge is -2.47. The molecule has 5 nitrogen and oxygen atoms in total. The van der Waals surface area contributed by atoms with Gasteiger partial charge < -0.3 is 15.4 Å². The van der Waals surface area contributed by atoms with E-state index in [4.69, 9.17) is 10.5 Å². The largest absolute Gasteiger partial charge is 0.367 e. The van der Waals surface area contributed by atoms with Gasteiger partial charge in [-0.05, 0) is 40.7 Å². The number of morpholine rings is 1. The zero-order chi connectivity index (χ0) is 15.4. The summed E-state index contributed by atoms with van der Waals surface area (Å²) in [7, 11) is 1.85. The van der Waals surface area contributed by atoms with Crippen molar-refractivity contribution in [2.75, 3.05) is 39.8 Å². The molecule has 1 aliphatic heterocycles. The second-order valence-electron chi connectivity index (χ2n) is 7.04. The quantitative estimate of drug-likeness (QED) is 0.793. The molecule has 0 aliphatic carbocycles. The Labute approximate surface area is 123 Å². The summed E-state index contributed by atoms with van der Waals surface area (Å²) in [5, 5.41) is 0. The van der Waals surface area contributed by atoms with Gasteiger partial charge in [-0.15, -0.1) is 0 Å². The number of amides is 1. The molecule has 1 amide bonds. The predicted octanol–water partition coefficient (Wildman–Crippen LogP) is 1.07. The fourth-order valence-electron chi connectivity index (χ4n) is 3.00. The number of ether oxygens (including phenoxy) is 1. The molecule has 0 bridgehead atoms. The van der Waals surface area contributed by atoms with Crippen LogP contribution in [0.25, 0.3) is 0 Å². The lowest BCUT2D eigenvalue weighted by Crippen LogP contribution is -2.57. The van der Waals surface area contributed by atoms with Gasteiger partial charge in [0.2, 0.25) is 5.91 Å². The average Bonchev–Trinajstić information content (AvgIpc) is 2.29. The minimum atomic E-state index is -0.156. The van der Waals surface area contributed by atoms with Crippen molar-refractivity contribution < 1.29 is 9.53 Å². The van der Waals surface area contributed by atoms with Gasteiger partial charge in [-0.1, -0.05) is 0 Å². The topological polar surface area (TPSA) is 58.8 Å². The van der Waals surface area contributed by atoms with Crippen molar-refractivity contribution in [1.29, 1.82) is 0 Å². The van der Waals surface area contributed by atoms with Gasteiger partial charge in [0.05, 0.1) is 11.2 Å². The molecule has 0 aromatic rings. The molecular weight excluding hydrogens is 254 g/mol. The summed E-state index contributed by atoms with van der Waals surface area (Å²) in [5.41, 5.74) is 5.15. The van der Waals surface area contributed by atoms with E-state index in [-0.39, 0.29) is 17.1 Å². The number of nitrogens with two attached hydrogens (primary N) is 1. The van der Waals surface area contributed by atoms with Crippen LogP contribution in [0, 0.1) is 0 Å². The highest BCUT2D eigenvalue weighted by Gasteiger charge is 2.37. The van der Waals surface area contributed by atoms with Gasteiger partial charge in [0, 0.05) is 39.6 Å². The van der Waals surface area contributed by atoms with Crippen molar-refractivity contribution in [3.63, 3.8) is 0 Å². The highest BCUT2D eigenvalue weighted by molar-refractivity contribution is 5.76. The van der Waals surface area contributed by atoms with Crippen LogP contribution in [0.5, 0.6) is 0 Å². The molecule has 0 atom stereocenters. The van der Waals surface area contributed by atoms with Gasteiger partial charge in [0.15, 0.2) is 0 Å². The van der Waals surface area contributed by atoms with E-state index in [1.165, 1.54) is 0 Å². The molecule has 0 aromatic carbocycles. The summed E-state index contributed by atoms with van der Waals surface area (Å²) in [6.07, 6.45) is 1.42. The van der Waals surface area contributed by atoms with E-state index < -0.39 is 0 Å². The molecule has 118 valence electrons. The molecule has 0 spiro atoms. The summed E-state index contributed by atoms with van der Waals surface area (Å²) in [4.78, 5) is 16.2. The van der Waals surface area contributed by atoms with Crippen LogP contribution in [0.4, 0.5) is 0 Å². The Kier molecular flexibility index (Phi) is 5.98. The third kappa shape index (κ3) is 5.77. The fourth-order valence-corrected chi connectivity index (χ4v) is 3.00. The van der Waals surface area contributed by atoms with Crippen LogP contribution in [-0.2, 0) is 9.53 Å². The van der Waals surface area contributed by atoms with Gasteiger partial charge in [0.1, 0.15) is 0 Å². The zero-order valence-electron chi connectivity index (χ0n) is 13.7. The molecule has 5 heteroatoms. The van der Waals surface area contributed by atoms with E-state index >= 15 is 0 Å². The van der Waals surface area contributed by atoms with E-state index in [1.54, 1.807) is 4.90 Å². The number of hydrogen-bond donors (Lipinski definition) is 1. The molecule has 0 aromatic heterocycles. The Bertz CT molecular complexity index is 313. The first-order chi connectivity index (χ1) is 9.15. The van der Waals surface area contributed by atoms with Crippen LogP contribution in [0.15, 0.2) is 0 Å². The average molecular weight is 285 g/mol. The monoisotopic (exact) mass is 285 g/mol. The van der Waals surface area contributed by atoms with Crippen molar-refractivity contribution in [2.45, 2.75) is 51.7 Å². The maximum absolute atomic E-state index is 12.0. The Hall–Kier alpha value is -0.650. The Morgan fingerprint density at radius 1 is 1.25 bits per heavy atom. The number of nitrogens with zero attached hydrogens (tertiary/aromatic N) is 2. The normalized spacial score (nSPS) is 21.7. The Balaban J connectivity index is 2.42. The zero-order valence-corrected chi connectivity index (χ0v) is 13.7. The van der Waals surface area contributed by atoms with E-state index in [0.29, 0.717) is 13.0 Å². The van der Waals surface area contributed by atoms with Crippen LogP contribution < -0.4 is 5.73 Å². The fraction of sp³-hybridized carbons (Fsp3) is 0.933. The van der Waals surface area contributed by atoms with Crippen molar-refractivity contribution in [3.8, 4) is 0 Å². The first-order valence-electron chi connectivity index (χ1n) is 7.52. The van der Waals surface area contributed by atoms with E-state index in [2.05, 4.69) is 32.6 Å². The molecule has 0 radical (unpaired) electrons. The number of carbonyl (C=O) groups excluding carboxylic acids is 1. The molecule has 2 N–H and O–H groups in total. The second-order valence-corrected chi connectivity index (χ2v) is 7.04. The first kappa shape index (κ1) is 17.4. The van der Waals surface area contributed by atoms with Crippen molar-refractivity contribution in [3.05, 3.63) is 0 Å². The lowest BCUT2D eigenvalue weighted by atomic mass is 9.99. The summed E-state index contributed by atoms with van der Waals surface area (Å²) < 4.78 is 6.05. The van der Waals surface area contributed by atoms with Gasteiger partial charge in [0.25, 0.3) is 0 Å². The molecule has 1 fully saturated rings. The minimum absolute atomic E-state index is 0.156. The lowest BCUT2D eigenvalue weighted by molar-refractivity contribution is -0.181. The minimum Gasteiger partial charge on any atom is -0.367 e. The SMILES string of the molecule is CN(CCCN)C(=O)CCN1CC(C)(C)OC(C)(C)C1. The van der Waals surface area contributed by atoms with E-state index in [1.807, 2.05) is 7.05 Å². The second kappa shape index (κ2) is 6.87. The molecule has 0 saturated carbocycles. The van der Waals surface area contributed by atoms with Crippen LogP contribution in [0.3, 0.4) is 0 Å². The van der Waals surface area contributed by atoms with Crippen molar-refractivity contribution in [2.24, 2.45) is 5.73 Å². The first-order valence-corrected chi connectivity index (χ1v) is 7.52. The third-order valence-corrected chi connectivity index (χ3v) is 3.53. The van der Waals surface area contributed by atoms with E-state index in [0.717, 1.165) is 32.6 Å². The molecular formula is C15H31N3O2. The van der Waals surface area contributed by atoms with Crippen LogP contribution in [0.2, 0.25) is 0 Å². The molecule has 1 heterocycles. The molecule has 1 aliphatic rings. The maximum Gasteiger partial charge on any atom is 0.223 e.